The average Bonchev–Trinajstić information content (AvgIpc) is 2.52. The normalized spacial score (nSPS) is 11.2. The van der Waals surface area contributed by atoms with E-state index < -0.39 is 17.6 Å². The fraction of sp³-hybridized carbons (Fsp3) is 0.167. The van der Waals surface area contributed by atoms with Gasteiger partial charge in [-0.3, -0.25) is 0 Å². The van der Waals surface area contributed by atoms with E-state index in [4.69, 9.17) is 9.47 Å². The van der Waals surface area contributed by atoms with Crippen LogP contribution in [0.25, 0.3) is 5.57 Å². The van der Waals surface area contributed by atoms with Crippen molar-refractivity contribution in [1.29, 1.82) is 0 Å². The maximum absolute atomic E-state index is 13.5. The Labute approximate surface area is 133 Å². The first kappa shape index (κ1) is 16.7. The van der Waals surface area contributed by atoms with Crippen LogP contribution in [-0.4, -0.2) is 19.7 Å². The number of carbonyl (C=O) groups excluding carboxylic acids is 1. The standard InChI is InChI=1S/C18H16F2O3/c1-3-23-18(21)11-17(12-4-6-16(22-2)7-5-12)13-8-14(19)10-15(20)9-13/h4-11H,3H2,1-2H3/b17-11+. The van der Waals surface area contributed by atoms with Crippen molar-refractivity contribution in [3.05, 3.63) is 71.3 Å². The number of halogens is 2. The van der Waals surface area contributed by atoms with E-state index in [1.54, 1.807) is 31.2 Å². The van der Waals surface area contributed by atoms with Crippen LogP contribution in [0.3, 0.4) is 0 Å². The van der Waals surface area contributed by atoms with E-state index in [0.29, 0.717) is 16.9 Å². The molecule has 2 aromatic rings. The molecule has 0 saturated carbocycles. The highest BCUT2D eigenvalue weighted by molar-refractivity contribution is 5.96. The third kappa shape index (κ3) is 4.39. The minimum absolute atomic E-state index is 0.211. The molecule has 0 aliphatic heterocycles. The van der Waals surface area contributed by atoms with Crippen LogP contribution in [0.2, 0.25) is 0 Å². The summed E-state index contributed by atoms with van der Waals surface area (Å²) in [4.78, 5) is 11.8. The zero-order valence-corrected chi connectivity index (χ0v) is 12.8. The molecule has 0 N–H and O–H groups in total. The molecule has 0 fully saturated rings. The van der Waals surface area contributed by atoms with Crippen molar-refractivity contribution in [2.24, 2.45) is 0 Å². The molecule has 23 heavy (non-hydrogen) atoms. The molecule has 0 heterocycles. The van der Waals surface area contributed by atoms with Gasteiger partial charge in [-0.25, -0.2) is 13.6 Å². The van der Waals surface area contributed by atoms with Crippen LogP contribution in [0.15, 0.2) is 48.5 Å². The number of hydrogen-bond acceptors (Lipinski definition) is 3. The fourth-order valence-electron chi connectivity index (χ4n) is 2.12. The van der Waals surface area contributed by atoms with Gasteiger partial charge in [0.1, 0.15) is 17.4 Å². The van der Waals surface area contributed by atoms with Crippen molar-refractivity contribution in [1.82, 2.24) is 0 Å². The molecule has 0 bridgehead atoms. The molecule has 3 nitrogen and oxygen atoms in total. The van der Waals surface area contributed by atoms with Crippen LogP contribution in [0, 0.1) is 11.6 Å². The Morgan fingerprint density at radius 1 is 1.04 bits per heavy atom. The summed E-state index contributed by atoms with van der Waals surface area (Å²) in [5, 5.41) is 0. The van der Waals surface area contributed by atoms with E-state index in [2.05, 4.69) is 0 Å². The van der Waals surface area contributed by atoms with Crippen molar-refractivity contribution in [2.45, 2.75) is 6.92 Å². The summed E-state index contributed by atoms with van der Waals surface area (Å²) in [6.45, 7) is 1.89. The van der Waals surface area contributed by atoms with Crippen LogP contribution in [-0.2, 0) is 9.53 Å². The number of esters is 1. The van der Waals surface area contributed by atoms with Crippen molar-refractivity contribution >= 4 is 11.5 Å². The number of carbonyl (C=O) groups is 1. The Morgan fingerprint density at radius 2 is 1.65 bits per heavy atom. The predicted molar refractivity (Wildman–Crippen MR) is 83.1 cm³/mol. The Kier molecular flexibility index (Phi) is 5.46. The molecule has 0 unspecified atom stereocenters. The fourth-order valence-corrected chi connectivity index (χ4v) is 2.12. The Bertz CT molecular complexity index is 701. The molecule has 0 aliphatic rings. The summed E-state index contributed by atoms with van der Waals surface area (Å²) >= 11 is 0. The molecule has 0 aromatic heterocycles. The van der Waals surface area contributed by atoms with Gasteiger partial charge in [0, 0.05) is 12.1 Å². The van der Waals surface area contributed by atoms with Crippen LogP contribution in [0.4, 0.5) is 8.78 Å². The lowest BCUT2D eigenvalue weighted by atomic mass is 9.97. The molecule has 2 rings (SSSR count). The number of rotatable bonds is 5. The quantitative estimate of drug-likeness (QED) is 0.618. The maximum Gasteiger partial charge on any atom is 0.331 e. The summed E-state index contributed by atoms with van der Waals surface area (Å²) < 4.78 is 37.0. The highest BCUT2D eigenvalue weighted by atomic mass is 19.1. The zero-order chi connectivity index (χ0) is 16.8. The first-order valence-electron chi connectivity index (χ1n) is 7.03. The lowest BCUT2D eigenvalue weighted by Gasteiger charge is -2.10. The molecule has 0 spiro atoms. The number of ether oxygens (including phenoxy) is 2. The maximum atomic E-state index is 13.5. The summed E-state index contributed by atoms with van der Waals surface area (Å²) in [7, 11) is 1.53. The van der Waals surface area contributed by atoms with E-state index in [-0.39, 0.29) is 12.2 Å². The molecular formula is C18H16F2O3. The van der Waals surface area contributed by atoms with Gasteiger partial charge in [-0.05, 0) is 47.9 Å². The highest BCUT2D eigenvalue weighted by Gasteiger charge is 2.11. The van der Waals surface area contributed by atoms with E-state index in [1.807, 2.05) is 0 Å². The average molecular weight is 318 g/mol. The van der Waals surface area contributed by atoms with Gasteiger partial charge in [-0.15, -0.1) is 0 Å². The van der Waals surface area contributed by atoms with Gasteiger partial charge in [0.2, 0.25) is 0 Å². The third-order valence-corrected chi connectivity index (χ3v) is 3.12. The summed E-state index contributed by atoms with van der Waals surface area (Å²) in [6, 6.07) is 9.91. The first-order chi connectivity index (χ1) is 11.0. The van der Waals surface area contributed by atoms with E-state index >= 15 is 0 Å². The van der Waals surface area contributed by atoms with Crippen molar-refractivity contribution in [3.8, 4) is 5.75 Å². The van der Waals surface area contributed by atoms with Crippen LogP contribution < -0.4 is 4.74 Å². The lowest BCUT2D eigenvalue weighted by Crippen LogP contribution is -2.02. The topological polar surface area (TPSA) is 35.5 Å². The van der Waals surface area contributed by atoms with Crippen LogP contribution in [0.1, 0.15) is 18.1 Å². The van der Waals surface area contributed by atoms with Crippen LogP contribution >= 0.6 is 0 Å². The zero-order valence-electron chi connectivity index (χ0n) is 12.8. The largest absolute Gasteiger partial charge is 0.497 e. The van der Waals surface area contributed by atoms with Gasteiger partial charge in [0.05, 0.1) is 13.7 Å². The second-order valence-corrected chi connectivity index (χ2v) is 4.70. The number of hydrogen-bond donors (Lipinski definition) is 0. The lowest BCUT2D eigenvalue weighted by molar-refractivity contribution is -0.137. The minimum atomic E-state index is -0.719. The van der Waals surface area contributed by atoms with Gasteiger partial charge in [0.15, 0.2) is 0 Å². The van der Waals surface area contributed by atoms with Crippen molar-refractivity contribution in [3.63, 3.8) is 0 Å². The summed E-state index contributed by atoms with van der Waals surface area (Å²) in [5.41, 5.74) is 1.23. The van der Waals surface area contributed by atoms with Crippen molar-refractivity contribution < 1.29 is 23.0 Å². The number of methoxy groups -OCH3 is 1. The van der Waals surface area contributed by atoms with Gasteiger partial charge in [0.25, 0.3) is 0 Å². The van der Waals surface area contributed by atoms with Gasteiger partial charge < -0.3 is 9.47 Å². The molecule has 0 atom stereocenters. The van der Waals surface area contributed by atoms with Gasteiger partial charge >= 0.3 is 5.97 Å². The van der Waals surface area contributed by atoms with Gasteiger partial charge in [-0.1, -0.05) is 12.1 Å². The monoisotopic (exact) mass is 318 g/mol. The van der Waals surface area contributed by atoms with E-state index in [0.717, 1.165) is 6.07 Å². The third-order valence-electron chi connectivity index (χ3n) is 3.12. The Balaban J connectivity index is 2.52. The molecule has 5 heteroatoms. The second kappa shape index (κ2) is 7.54. The molecule has 0 aliphatic carbocycles. The Morgan fingerprint density at radius 3 is 2.17 bits per heavy atom. The predicted octanol–water partition coefficient (Wildman–Crippen LogP) is 3.97. The molecular weight excluding hydrogens is 302 g/mol. The minimum Gasteiger partial charge on any atom is -0.497 e. The van der Waals surface area contributed by atoms with E-state index in [1.165, 1.54) is 25.3 Å². The van der Waals surface area contributed by atoms with Crippen LogP contribution in [0.5, 0.6) is 5.75 Å². The molecule has 2 aromatic carbocycles. The summed E-state index contributed by atoms with van der Waals surface area (Å²) in [5.74, 6) is -1.39. The highest BCUT2D eigenvalue weighted by Crippen LogP contribution is 2.26. The smallest absolute Gasteiger partial charge is 0.331 e. The van der Waals surface area contributed by atoms with Crippen molar-refractivity contribution in [2.75, 3.05) is 13.7 Å². The SMILES string of the molecule is CCOC(=O)/C=C(\c1ccc(OC)cc1)c1cc(F)cc(F)c1. The van der Waals surface area contributed by atoms with Gasteiger partial charge in [-0.2, -0.15) is 0 Å². The second-order valence-electron chi connectivity index (χ2n) is 4.70. The number of benzene rings is 2. The molecule has 0 radical (unpaired) electrons. The van der Waals surface area contributed by atoms with E-state index in [9.17, 15) is 13.6 Å². The molecule has 120 valence electrons. The first-order valence-corrected chi connectivity index (χ1v) is 7.03. The molecule has 0 amide bonds. The summed E-state index contributed by atoms with van der Waals surface area (Å²) in [6.07, 6.45) is 1.22. The molecule has 0 saturated heterocycles. The Hall–Kier alpha value is -2.69.